The van der Waals surface area contributed by atoms with Crippen molar-refractivity contribution < 1.29 is 16.8 Å². The molecule has 8 heteroatoms. The Balaban J connectivity index is 1.69. The smallest absolute Gasteiger partial charge is 0.195 e. The van der Waals surface area contributed by atoms with Crippen molar-refractivity contribution in [2.24, 2.45) is 0 Å². The molecule has 0 fully saturated rings. The van der Waals surface area contributed by atoms with Crippen LogP contribution in [-0.2, 0) is 31.2 Å². The Bertz CT molecular complexity index is 1930. The Labute approximate surface area is 232 Å². The SMILES string of the molecule is CC(c1cc(C(C)S(=O)(=O)Cc2ccccc2)c2sc3ccccc3c(=O)c2c1)S(=O)(=O)Cc1ccccc1. The number of sulfone groups is 2. The molecule has 0 N–H and O–H groups in total. The molecular formula is C31H28O5S3. The molecule has 2 unspecified atom stereocenters. The summed E-state index contributed by atoms with van der Waals surface area (Å²) in [5.41, 5.74) is 1.97. The molecule has 5 rings (SSSR count). The molecule has 200 valence electrons. The van der Waals surface area contributed by atoms with Gasteiger partial charge in [-0.05, 0) is 54.3 Å². The van der Waals surface area contributed by atoms with E-state index in [1.807, 2.05) is 24.3 Å². The van der Waals surface area contributed by atoms with Gasteiger partial charge >= 0.3 is 0 Å². The lowest BCUT2D eigenvalue weighted by Gasteiger charge is -2.20. The molecule has 0 amide bonds. The summed E-state index contributed by atoms with van der Waals surface area (Å²) in [6.07, 6.45) is 0. The third-order valence-corrected chi connectivity index (χ3v) is 12.5. The second-order valence-corrected chi connectivity index (χ2v) is 15.5. The molecule has 4 aromatic carbocycles. The minimum absolute atomic E-state index is 0.158. The van der Waals surface area contributed by atoms with Crippen LogP contribution in [0.15, 0.2) is 102 Å². The first kappa shape index (κ1) is 27.2. The maximum Gasteiger partial charge on any atom is 0.195 e. The molecule has 5 aromatic rings. The van der Waals surface area contributed by atoms with E-state index in [1.54, 1.807) is 86.6 Å². The van der Waals surface area contributed by atoms with E-state index in [4.69, 9.17) is 0 Å². The Morgan fingerprint density at radius 1 is 0.641 bits per heavy atom. The second-order valence-electron chi connectivity index (χ2n) is 9.78. The molecule has 0 saturated heterocycles. The van der Waals surface area contributed by atoms with Crippen LogP contribution in [0.1, 0.15) is 46.6 Å². The lowest BCUT2D eigenvalue weighted by atomic mass is 10.0. The average Bonchev–Trinajstić information content (AvgIpc) is 2.92. The number of hydrogen-bond acceptors (Lipinski definition) is 6. The van der Waals surface area contributed by atoms with Crippen LogP contribution in [0.3, 0.4) is 0 Å². The molecule has 0 aliphatic rings. The Morgan fingerprint density at radius 2 is 1.15 bits per heavy atom. The van der Waals surface area contributed by atoms with Crippen molar-refractivity contribution in [3.63, 3.8) is 0 Å². The molecule has 0 radical (unpaired) electrons. The van der Waals surface area contributed by atoms with Gasteiger partial charge < -0.3 is 0 Å². The molecule has 0 spiro atoms. The predicted octanol–water partition coefficient (Wildman–Crippen LogP) is 6.77. The van der Waals surface area contributed by atoms with Gasteiger partial charge in [0.2, 0.25) is 0 Å². The largest absolute Gasteiger partial charge is 0.289 e. The van der Waals surface area contributed by atoms with Gasteiger partial charge in [-0.25, -0.2) is 16.8 Å². The molecule has 1 heterocycles. The summed E-state index contributed by atoms with van der Waals surface area (Å²) in [6.45, 7) is 3.22. The molecule has 0 aliphatic heterocycles. The Kier molecular flexibility index (Phi) is 7.46. The van der Waals surface area contributed by atoms with Crippen LogP contribution in [0.5, 0.6) is 0 Å². The van der Waals surface area contributed by atoms with Crippen molar-refractivity contribution in [2.75, 3.05) is 0 Å². The van der Waals surface area contributed by atoms with Crippen molar-refractivity contribution >= 4 is 51.2 Å². The van der Waals surface area contributed by atoms with Gasteiger partial charge in [-0.1, -0.05) is 78.9 Å². The van der Waals surface area contributed by atoms with Gasteiger partial charge in [-0.3, -0.25) is 4.79 Å². The number of fused-ring (bicyclic) bond motifs is 2. The number of rotatable bonds is 8. The molecule has 0 bridgehead atoms. The van der Waals surface area contributed by atoms with E-state index < -0.39 is 30.2 Å². The molecule has 2 atom stereocenters. The van der Waals surface area contributed by atoms with Gasteiger partial charge in [0.15, 0.2) is 25.1 Å². The fourth-order valence-corrected chi connectivity index (χ4v) is 9.02. The van der Waals surface area contributed by atoms with Crippen LogP contribution in [0.25, 0.3) is 20.2 Å². The highest BCUT2D eigenvalue weighted by Gasteiger charge is 2.30. The van der Waals surface area contributed by atoms with E-state index in [0.29, 0.717) is 37.7 Å². The van der Waals surface area contributed by atoms with E-state index in [0.717, 1.165) is 4.70 Å². The van der Waals surface area contributed by atoms with Crippen LogP contribution in [-0.4, -0.2) is 16.8 Å². The van der Waals surface area contributed by atoms with Crippen molar-refractivity contribution in [1.82, 2.24) is 0 Å². The average molecular weight is 577 g/mol. The Hall–Kier alpha value is -3.33. The Morgan fingerprint density at radius 3 is 1.74 bits per heavy atom. The zero-order valence-corrected chi connectivity index (χ0v) is 24.0. The summed E-state index contributed by atoms with van der Waals surface area (Å²) < 4.78 is 55.5. The van der Waals surface area contributed by atoms with Gasteiger partial charge in [0.05, 0.1) is 22.0 Å². The van der Waals surface area contributed by atoms with Crippen LogP contribution in [0, 0.1) is 0 Å². The maximum absolute atomic E-state index is 13.6. The lowest BCUT2D eigenvalue weighted by Crippen LogP contribution is -2.17. The lowest BCUT2D eigenvalue weighted by molar-refractivity contribution is 0.585. The zero-order chi connectivity index (χ0) is 27.8. The summed E-state index contributed by atoms with van der Waals surface area (Å²) >= 11 is 1.36. The summed E-state index contributed by atoms with van der Waals surface area (Å²) in [7, 11) is -7.36. The highest BCUT2D eigenvalue weighted by Crippen LogP contribution is 2.38. The van der Waals surface area contributed by atoms with Crippen LogP contribution < -0.4 is 5.43 Å². The fraction of sp³-hybridized carbons (Fsp3) is 0.194. The fourth-order valence-electron chi connectivity index (χ4n) is 4.76. The van der Waals surface area contributed by atoms with E-state index in [-0.39, 0.29) is 16.9 Å². The minimum Gasteiger partial charge on any atom is -0.289 e. The summed E-state index contributed by atoms with van der Waals surface area (Å²) in [6, 6.07) is 28.4. The quantitative estimate of drug-likeness (QED) is 0.190. The summed E-state index contributed by atoms with van der Waals surface area (Å²) in [5, 5.41) is -1.03. The van der Waals surface area contributed by atoms with Crippen molar-refractivity contribution in [3.8, 4) is 0 Å². The van der Waals surface area contributed by atoms with Crippen molar-refractivity contribution in [1.29, 1.82) is 0 Å². The van der Waals surface area contributed by atoms with E-state index in [2.05, 4.69) is 0 Å². The molecule has 5 nitrogen and oxygen atoms in total. The molecular weight excluding hydrogens is 549 g/mol. The van der Waals surface area contributed by atoms with Crippen molar-refractivity contribution in [3.05, 3.63) is 130 Å². The standard InChI is InChI=1S/C31H28O5S3/c1-21(38(33,34)19-23-11-5-3-6-12-23)25-17-27(22(2)39(35,36)20-24-13-7-4-8-14-24)31-28(18-25)30(32)26-15-9-10-16-29(26)37-31/h3-18,21-22H,19-20H2,1-2H3. The van der Waals surface area contributed by atoms with Gasteiger partial charge in [0.25, 0.3) is 0 Å². The van der Waals surface area contributed by atoms with Gasteiger partial charge in [0, 0.05) is 20.2 Å². The first-order valence-corrected chi connectivity index (χ1v) is 16.8. The minimum atomic E-state index is -3.70. The van der Waals surface area contributed by atoms with Crippen LogP contribution in [0.4, 0.5) is 0 Å². The van der Waals surface area contributed by atoms with E-state index >= 15 is 0 Å². The predicted molar refractivity (Wildman–Crippen MR) is 161 cm³/mol. The summed E-state index contributed by atoms with van der Waals surface area (Å²) in [4.78, 5) is 13.6. The zero-order valence-electron chi connectivity index (χ0n) is 21.6. The topological polar surface area (TPSA) is 85.3 Å². The molecule has 39 heavy (non-hydrogen) atoms. The third kappa shape index (κ3) is 5.55. The monoisotopic (exact) mass is 576 g/mol. The number of hydrogen-bond donors (Lipinski definition) is 0. The highest BCUT2D eigenvalue weighted by atomic mass is 32.2. The van der Waals surface area contributed by atoms with Gasteiger partial charge in [0.1, 0.15) is 0 Å². The van der Waals surface area contributed by atoms with E-state index in [9.17, 15) is 21.6 Å². The van der Waals surface area contributed by atoms with Crippen molar-refractivity contribution in [2.45, 2.75) is 35.9 Å². The van der Waals surface area contributed by atoms with Crippen LogP contribution >= 0.6 is 11.3 Å². The normalized spacial score (nSPS) is 13.9. The van der Waals surface area contributed by atoms with Gasteiger partial charge in [-0.2, -0.15) is 0 Å². The second kappa shape index (κ2) is 10.7. The maximum atomic E-state index is 13.6. The van der Waals surface area contributed by atoms with Crippen LogP contribution in [0.2, 0.25) is 0 Å². The molecule has 0 aliphatic carbocycles. The first-order chi connectivity index (χ1) is 18.6. The number of benzene rings is 4. The third-order valence-electron chi connectivity index (χ3n) is 7.13. The van der Waals surface area contributed by atoms with Gasteiger partial charge in [-0.15, -0.1) is 11.3 Å². The molecule has 1 aromatic heterocycles. The molecule has 0 saturated carbocycles. The first-order valence-electron chi connectivity index (χ1n) is 12.6. The van der Waals surface area contributed by atoms with E-state index in [1.165, 1.54) is 11.3 Å². The highest BCUT2D eigenvalue weighted by molar-refractivity contribution is 7.91. The summed E-state index contributed by atoms with van der Waals surface area (Å²) in [5.74, 6) is -0.320.